The molecule has 1 aliphatic rings. The lowest BCUT2D eigenvalue weighted by Crippen LogP contribution is -2.48. The summed E-state index contributed by atoms with van der Waals surface area (Å²) in [6.45, 7) is 7.16. The number of aliphatic carboxylic acids is 1. The van der Waals surface area contributed by atoms with Crippen molar-refractivity contribution in [1.29, 1.82) is 0 Å². The first-order chi connectivity index (χ1) is 12.9. The zero-order valence-corrected chi connectivity index (χ0v) is 16.7. The molecule has 0 aromatic heterocycles. The summed E-state index contributed by atoms with van der Waals surface area (Å²) in [5.41, 5.74) is 1.97. The average molecular weight is 395 g/mol. The minimum atomic E-state index is -1.02. The van der Waals surface area contributed by atoms with E-state index < -0.39 is 5.97 Å². The highest BCUT2D eigenvalue weighted by Crippen LogP contribution is 2.25. The predicted octanol–water partition coefficient (Wildman–Crippen LogP) is 3.19. The van der Waals surface area contributed by atoms with E-state index in [0.29, 0.717) is 36.8 Å². The van der Waals surface area contributed by atoms with E-state index in [9.17, 15) is 9.59 Å². The van der Waals surface area contributed by atoms with Crippen LogP contribution in [0.4, 0.5) is 0 Å². The van der Waals surface area contributed by atoms with Crippen LogP contribution in [0.25, 0.3) is 0 Å². The monoisotopic (exact) mass is 394 g/mol. The van der Waals surface area contributed by atoms with Gasteiger partial charge in [0.25, 0.3) is 0 Å². The molecule has 0 spiro atoms. The Balaban J connectivity index is 1.92. The lowest BCUT2D eigenvalue weighted by molar-refractivity contribution is -0.139. The van der Waals surface area contributed by atoms with Crippen LogP contribution in [0, 0.1) is 0 Å². The number of halogens is 1. The number of hydrogen-bond acceptors (Lipinski definition) is 4. The Morgan fingerprint density at radius 3 is 2.59 bits per heavy atom. The molecule has 1 fully saturated rings. The molecule has 0 aliphatic carbocycles. The first-order valence-electron chi connectivity index (χ1n) is 9.17. The summed E-state index contributed by atoms with van der Waals surface area (Å²) < 4.78 is 5.37. The number of nitrogens with zero attached hydrogens (tertiary/aromatic N) is 2. The topological polar surface area (TPSA) is 70.1 Å². The zero-order valence-electron chi connectivity index (χ0n) is 15.9. The number of carbonyl (C=O) groups excluding carboxylic acids is 1. The Kier molecular flexibility index (Phi) is 8.13. The highest BCUT2D eigenvalue weighted by Gasteiger charge is 2.22. The van der Waals surface area contributed by atoms with Crippen molar-refractivity contribution in [2.75, 3.05) is 32.8 Å². The molecule has 1 aromatic rings. The van der Waals surface area contributed by atoms with Crippen molar-refractivity contribution >= 4 is 23.5 Å². The van der Waals surface area contributed by atoms with Crippen molar-refractivity contribution in [3.63, 3.8) is 0 Å². The number of allylic oxidation sites excluding steroid dienone is 1. The summed E-state index contributed by atoms with van der Waals surface area (Å²) in [5.74, 6) is -0.318. The first-order valence-corrected chi connectivity index (χ1v) is 9.55. The Bertz CT molecular complexity index is 697. The number of rotatable bonds is 8. The van der Waals surface area contributed by atoms with E-state index in [2.05, 4.69) is 17.9 Å². The van der Waals surface area contributed by atoms with Gasteiger partial charge >= 0.3 is 5.97 Å². The number of carbonyl (C=O) groups is 2. The van der Waals surface area contributed by atoms with Gasteiger partial charge in [-0.25, -0.2) is 4.79 Å². The molecule has 0 unspecified atom stereocenters. The van der Waals surface area contributed by atoms with Gasteiger partial charge < -0.3 is 14.7 Å². The highest BCUT2D eigenvalue weighted by atomic mass is 35.5. The molecule has 6 nitrogen and oxygen atoms in total. The van der Waals surface area contributed by atoms with Gasteiger partial charge in [0.2, 0.25) is 5.91 Å². The maximum absolute atomic E-state index is 12.4. The van der Waals surface area contributed by atoms with E-state index in [1.165, 1.54) is 0 Å². The second-order valence-electron chi connectivity index (χ2n) is 6.73. The van der Waals surface area contributed by atoms with Crippen LogP contribution in [0.3, 0.4) is 0 Å². The van der Waals surface area contributed by atoms with E-state index in [4.69, 9.17) is 21.4 Å². The predicted molar refractivity (Wildman–Crippen MR) is 105 cm³/mol. The Labute approximate surface area is 165 Å². The van der Waals surface area contributed by atoms with Crippen LogP contribution < -0.4 is 4.74 Å². The van der Waals surface area contributed by atoms with Crippen LogP contribution in [0.5, 0.6) is 5.75 Å². The van der Waals surface area contributed by atoms with Gasteiger partial charge in [0, 0.05) is 49.7 Å². The summed E-state index contributed by atoms with van der Waals surface area (Å²) in [6, 6.07) is 5.18. The molecule has 0 atom stereocenters. The van der Waals surface area contributed by atoms with Crippen LogP contribution in [-0.4, -0.2) is 59.6 Å². The number of carboxylic acid groups (broad SMARTS) is 1. The molecule has 27 heavy (non-hydrogen) atoms. The van der Waals surface area contributed by atoms with Crippen molar-refractivity contribution in [2.45, 2.75) is 33.2 Å². The second kappa shape index (κ2) is 10.3. The first kappa shape index (κ1) is 21.3. The standard InChI is InChI=1S/C20H27ClN2O4/c1-3-4-15(2)11-19(24)23-9-7-22(8-10-23)13-16-12-17(21)5-6-18(16)27-14-20(25)26/h4-6,12H,3,7-11,13-14H2,1-2H3,(H,25,26)/b15-4+. The maximum atomic E-state index is 12.4. The number of carboxylic acids is 1. The third-order valence-electron chi connectivity index (χ3n) is 4.48. The van der Waals surface area contributed by atoms with E-state index in [1.54, 1.807) is 18.2 Å². The number of hydrogen-bond donors (Lipinski definition) is 1. The SMILES string of the molecule is CC/C=C(\C)CC(=O)N1CCN(Cc2cc(Cl)ccc2OCC(=O)O)CC1. The molecule has 0 radical (unpaired) electrons. The van der Waals surface area contributed by atoms with E-state index >= 15 is 0 Å². The minimum absolute atomic E-state index is 0.171. The molecule has 1 N–H and O–H groups in total. The molecule has 0 saturated carbocycles. The summed E-state index contributed by atoms with van der Waals surface area (Å²) in [6.07, 6.45) is 3.51. The molecular weight excluding hydrogens is 368 g/mol. The molecule has 1 saturated heterocycles. The van der Waals surface area contributed by atoms with E-state index in [0.717, 1.165) is 30.6 Å². The summed E-state index contributed by atoms with van der Waals surface area (Å²) in [7, 11) is 0. The van der Waals surface area contributed by atoms with Gasteiger partial charge in [-0.3, -0.25) is 9.69 Å². The maximum Gasteiger partial charge on any atom is 0.341 e. The molecule has 1 aromatic carbocycles. The molecular formula is C20H27ClN2O4. The minimum Gasteiger partial charge on any atom is -0.482 e. The van der Waals surface area contributed by atoms with Crippen molar-refractivity contribution in [3.05, 3.63) is 40.4 Å². The molecule has 0 bridgehead atoms. The summed E-state index contributed by atoms with van der Waals surface area (Å²) in [4.78, 5) is 27.3. The molecule has 1 heterocycles. The Morgan fingerprint density at radius 2 is 1.96 bits per heavy atom. The number of piperazine rings is 1. The molecule has 148 valence electrons. The Morgan fingerprint density at radius 1 is 1.26 bits per heavy atom. The fourth-order valence-corrected chi connectivity index (χ4v) is 3.31. The number of amides is 1. The molecule has 2 rings (SSSR count). The fraction of sp³-hybridized carbons (Fsp3) is 0.500. The fourth-order valence-electron chi connectivity index (χ4n) is 3.12. The van der Waals surface area contributed by atoms with Gasteiger partial charge in [0.05, 0.1) is 0 Å². The third kappa shape index (κ3) is 6.88. The molecule has 1 aliphatic heterocycles. The third-order valence-corrected chi connectivity index (χ3v) is 4.71. The summed E-state index contributed by atoms with van der Waals surface area (Å²) in [5, 5.41) is 9.40. The van der Waals surface area contributed by atoms with Crippen LogP contribution in [0.15, 0.2) is 29.8 Å². The van der Waals surface area contributed by atoms with Crippen molar-refractivity contribution in [2.24, 2.45) is 0 Å². The quantitative estimate of drug-likeness (QED) is 0.685. The molecule has 7 heteroatoms. The van der Waals surface area contributed by atoms with Crippen LogP contribution in [0.2, 0.25) is 5.02 Å². The summed E-state index contributed by atoms with van der Waals surface area (Å²) >= 11 is 6.09. The number of benzene rings is 1. The molecule has 1 amide bonds. The average Bonchev–Trinajstić information content (AvgIpc) is 2.61. The van der Waals surface area contributed by atoms with Crippen LogP contribution >= 0.6 is 11.6 Å². The Hall–Kier alpha value is -2.05. The van der Waals surface area contributed by atoms with Gasteiger partial charge in [0.15, 0.2) is 6.61 Å². The largest absolute Gasteiger partial charge is 0.482 e. The highest BCUT2D eigenvalue weighted by molar-refractivity contribution is 6.30. The normalized spacial score (nSPS) is 15.7. The number of ether oxygens (including phenoxy) is 1. The van der Waals surface area contributed by atoms with Gasteiger partial charge in [-0.15, -0.1) is 0 Å². The van der Waals surface area contributed by atoms with Crippen LogP contribution in [-0.2, 0) is 16.1 Å². The van der Waals surface area contributed by atoms with Crippen molar-refractivity contribution in [3.8, 4) is 5.75 Å². The second-order valence-corrected chi connectivity index (χ2v) is 7.16. The lowest BCUT2D eigenvalue weighted by Gasteiger charge is -2.35. The van der Waals surface area contributed by atoms with E-state index in [1.807, 2.05) is 11.8 Å². The smallest absolute Gasteiger partial charge is 0.341 e. The van der Waals surface area contributed by atoms with Gasteiger partial charge in [-0.05, 0) is 31.5 Å². The van der Waals surface area contributed by atoms with Gasteiger partial charge in [-0.2, -0.15) is 0 Å². The van der Waals surface area contributed by atoms with Crippen molar-refractivity contribution in [1.82, 2.24) is 9.80 Å². The van der Waals surface area contributed by atoms with Gasteiger partial charge in [-0.1, -0.05) is 30.2 Å². The van der Waals surface area contributed by atoms with Crippen molar-refractivity contribution < 1.29 is 19.4 Å². The zero-order chi connectivity index (χ0) is 19.8. The van der Waals surface area contributed by atoms with E-state index in [-0.39, 0.29) is 12.5 Å². The van der Waals surface area contributed by atoms with Crippen LogP contribution in [0.1, 0.15) is 32.3 Å². The van der Waals surface area contributed by atoms with Gasteiger partial charge in [0.1, 0.15) is 5.75 Å². The lowest BCUT2D eigenvalue weighted by atomic mass is 10.1.